The fourth-order valence-corrected chi connectivity index (χ4v) is 5.79. The molecule has 0 spiro atoms. The van der Waals surface area contributed by atoms with Crippen LogP contribution in [0.15, 0.2) is 90.3 Å². The molecule has 4 aromatic rings. The average Bonchev–Trinajstić information content (AvgIpc) is 3.40. The fourth-order valence-electron chi connectivity index (χ4n) is 4.88. The van der Waals surface area contributed by atoms with E-state index in [-0.39, 0.29) is 30.7 Å². The van der Waals surface area contributed by atoms with E-state index in [9.17, 15) is 9.59 Å². The molecule has 1 aromatic heterocycles. The summed E-state index contributed by atoms with van der Waals surface area (Å²) < 4.78 is 0. The Morgan fingerprint density at radius 2 is 1.69 bits per heavy atom. The van der Waals surface area contributed by atoms with Gasteiger partial charge in [0.25, 0.3) is 0 Å². The Hall–Kier alpha value is -3.70. The Bertz CT molecular complexity index is 1340. The number of nitrogens with one attached hydrogen (secondary N) is 1. The number of amides is 2. The van der Waals surface area contributed by atoms with Gasteiger partial charge in [0, 0.05) is 30.8 Å². The van der Waals surface area contributed by atoms with Crippen LogP contribution in [0.3, 0.4) is 0 Å². The van der Waals surface area contributed by atoms with Gasteiger partial charge in [0.05, 0.1) is 6.04 Å². The van der Waals surface area contributed by atoms with Crippen molar-refractivity contribution in [1.82, 2.24) is 10.2 Å². The third-order valence-corrected chi connectivity index (χ3v) is 7.76. The summed E-state index contributed by atoms with van der Waals surface area (Å²) in [7, 11) is 0. The molecule has 5 rings (SSSR count). The fraction of sp³-hybridized carbons (Fsp3) is 0.226. The predicted molar refractivity (Wildman–Crippen MR) is 146 cm³/mol. The molecule has 0 saturated carbocycles. The molecule has 1 aliphatic heterocycles. The van der Waals surface area contributed by atoms with Gasteiger partial charge >= 0.3 is 0 Å². The summed E-state index contributed by atoms with van der Waals surface area (Å²) in [5.41, 5.74) is 6.88. The molecule has 5 heteroatoms. The van der Waals surface area contributed by atoms with E-state index >= 15 is 0 Å². The molecule has 1 N–H and O–H groups in total. The smallest absolute Gasteiger partial charge is 0.223 e. The molecule has 1 unspecified atom stereocenters. The Labute approximate surface area is 216 Å². The van der Waals surface area contributed by atoms with Crippen LogP contribution in [0.2, 0.25) is 0 Å². The molecule has 0 aliphatic carbocycles. The highest BCUT2D eigenvalue weighted by atomic mass is 32.1. The Kier molecular flexibility index (Phi) is 7.28. The lowest BCUT2D eigenvalue weighted by molar-refractivity contribution is -0.135. The van der Waals surface area contributed by atoms with Crippen molar-refractivity contribution in [2.45, 2.75) is 38.8 Å². The molecule has 1 aliphatic rings. The summed E-state index contributed by atoms with van der Waals surface area (Å²) in [5, 5.41) is 5.08. The van der Waals surface area contributed by atoms with Crippen molar-refractivity contribution in [3.05, 3.63) is 117 Å². The van der Waals surface area contributed by atoms with Crippen molar-refractivity contribution >= 4 is 23.2 Å². The van der Waals surface area contributed by atoms with E-state index in [0.29, 0.717) is 13.1 Å². The molecular weight excluding hydrogens is 464 g/mol. The number of hydrogen-bond acceptors (Lipinski definition) is 3. The van der Waals surface area contributed by atoms with Gasteiger partial charge in [-0.05, 0) is 52.6 Å². The van der Waals surface area contributed by atoms with Crippen molar-refractivity contribution in [2.24, 2.45) is 0 Å². The standard InChI is InChI=1S/C31H30N2O2S/c1-22-6-5-9-26(20-22)31-27-17-19-36-28(27)16-18-33(31)30(35)15-14-29(34)32-21-23-10-12-25(13-11-23)24-7-3-2-4-8-24/h2-13,17,19-20,31H,14-16,18,21H2,1H3,(H,32,34). The second-order valence-corrected chi connectivity index (χ2v) is 10.3. The number of fused-ring (bicyclic) bond motifs is 1. The number of thiophene rings is 1. The molecular formula is C31H30N2O2S. The third kappa shape index (κ3) is 5.42. The Morgan fingerprint density at radius 1 is 0.917 bits per heavy atom. The second kappa shape index (κ2) is 10.9. The molecule has 182 valence electrons. The summed E-state index contributed by atoms with van der Waals surface area (Å²) in [5.74, 6) is -0.0726. The predicted octanol–water partition coefficient (Wildman–Crippen LogP) is 6.29. The van der Waals surface area contributed by atoms with Crippen LogP contribution in [0.1, 0.15) is 46.0 Å². The largest absolute Gasteiger partial charge is 0.352 e. The van der Waals surface area contributed by atoms with E-state index in [0.717, 1.165) is 23.1 Å². The minimum atomic E-state index is -0.101. The zero-order valence-electron chi connectivity index (χ0n) is 20.4. The maximum absolute atomic E-state index is 13.3. The third-order valence-electron chi connectivity index (χ3n) is 6.76. The van der Waals surface area contributed by atoms with E-state index < -0.39 is 0 Å². The number of benzene rings is 3. The van der Waals surface area contributed by atoms with Crippen LogP contribution in [0.5, 0.6) is 0 Å². The van der Waals surface area contributed by atoms with Gasteiger partial charge in [-0.25, -0.2) is 0 Å². The summed E-state index contributed by atoms with van der Waals surface area (Å²) >= 11 is 1.76. The van der Waals surface area contributed by atoms with Crippen LogP contribution in [0, 0.1) is 6.92 Å². The quantitative estimate of drug-likeness (QED) is 0.328. The van der Waals surface area contributed by atoms with Crippen LogP contribution >= 0.6 is 11.3 Å². The van der Waals surface area contributed by atoms with E-state index in [1.165, 1.54) is 21.6 Å². The summed E-state index contributed by atoms with van der Waals surface area (Å²) in [6.07, 6.45) is 1.27. The Morgan fingerprint density at radius 3 is 2.47 bits per heavy atom. The van der Waals surface area contributed by atoms with Crippen molar-refractivity contribution in [2.75, 3.05) is 6.54 Å². The monoisotopic (exact) mass is 494 g/mol. The van der Waals surface area contributed by atoms with Gasteiger partial charge in [-0.15, -0.1) is 11.3 Å². The topological polar surface area (TPSA) is 49.4 Å². The van der Waals surface area contributed by atoms with Crippen LogP contribution in [0.4, 0.5) is 0 Å². The number of nitrogens with zero attached hydrogens (tertiary/aromatic N) is 1. The minimum Gasteiger partial charge on any atom is -0.352 e. The summed E-state index contributed by atoms with van der Waals surface area (Å²) in [6.45, 7) is 3.21. The highest BCUT2D eigenvalue weighted by molar-refractivity contribution is 7.10. The number of hydrogen-bond donors (Lipinski definition) is 1. The molecule has 36 heavy (non-hydrogen) atoms. The molecule has 0 saturated heterocycles. The highest BCUT2D eigenvalue weighted by Crippen LogP contribution is 2.38. The lowest BCUT2D eigenvalue weighted by atomic mass is 9.92. The van der Waals surface area contributed by atoms with Crippen molar-refractivity contribution in [1.29, 1.82) is 0 Å². The highest BCUT2D eigenvalue weighted by Gasteiger charge is 2.32. The number of carbonyl (C=O) groups is 2. The number of rotatable bonds is 7. The first kappa shape index (κ1) is 24.0. The molecule has 0 radical (unpaired) electrons. The van der Waals surface area contributed by atoms with Crippen LogP contribution < -0.4 is 5.32 Å². The number of aryl methyl sites for hydroxylation is 1. The molecule has 1 atom stereocenters. The van der Waals surface area contributed by atoms with E-state index in [4.69, 9.17) is 0 Å². The SMILES string of the molecule is Cc1cccc(C2c3ccsc3CCN2C(=O)CCC(=O)NCc2ccc(-c3ccccc3)cc2)c1. The zero-order valence-corrected chi connectivity index (χ0v) is 21.3. The van der Waals surface area contributed by atoms with Crippen molar-refractivity contribution in [3.8, 4) is 11.1 Å². The molecule has 4 nitrogen and oxygen atoms in total. The van der Waals surface area contributed by atoms with Gasteiger partial charge < -0.3 is 10.2 Å². The van der Waals surface area contributed by atoms with Gasteiger partial charge in [-0.2, -0.15) is 0 Å². The van der Waals surface area contributed by atoms with Crippen LogP contribution in [-0.4, -0.2) is 23.3 Å². The Balaban J connectivity index is 1.18. The van der Waals surface area contributed by atoms with E-state index in [2.05, 4.69) is 66.2 Å². The maximum Gasteiger partial charge on any atom is 0.223 e. The first-order chi connectivity index (χ1) is 17.6. The van der Waals surface area contributed by atoms with E-state index in [1.54, 1.807) is 11.3 Å². The van der Waals surface area contributed by atoms with Gasteiger partial charge in [-0.1, -0.05) is 84.4 Å². The van der Waals surface area contributed by atoms with Crippen molar-refractivity contribution in [3.63, 3.8) is 0 Å². The van der Waals surface area contributed by atoms with Crippen molar-refractivity contribution < 1.29 is 9.59 Å². The normalized spacial score (nSPS) is 14.8. The minimum absolute atomic E-state index is 0.0284. The zero-order chi connectivity index (χ0) is 24.9. The molecule has 2 amide bonds. The first-order valence-corrected chi connectivity index (χ1v) is 13.3. The van der Waals surface area contributed by atoms with Crippen LogP contribution in [0.25, 0.3) is 11.1 Å². The molecule has 0 fully saturated rings. The van der Waals surface area contributed by atoms with Gasteiger partial charge in [0.15, 0.2) is 0 Å². The molecule has 0 bridgehead atoms. The van der Waals surface area contributed by atoms with Crippen LogP contribution in [-0.2, 0) is 22.6 Å². The van der Waals surface area contributed by atoms with Gasteiger partial charge in [0.1, 0.15) is 0 Å². The molecule has 2 heterocycles. The van der Waals surface area contributed by atoms with Gasteiger partial charge in [0.2, 0.25) is 11.8 Å². The second-order valence-electron chi connectivity index (χ2n) is 9.29. The maximum atomic E-state index is 13.3. The lowest BCUT2D eigenvalue weighted by Gasteiger charge is -2.36. The van der Waals surface area contributed by atoms with E-state index in [1.807, 2.05) is 41.3 Å². The lowest BCUT2D eigenvalue weighted by Crippen LogP contribution is -2.40. The van der Waals surface area contributed by atoms with Gasteiger partial charge in [-0.3, -0.25) is 9.59 Å². The first-order valence-electron chi connectivity index (χ1n) is 12.4. The number of carbonyl (C=O) groups excluding carboxylic acids is 2. The summed E-state index contributed by atoms with van der Waals surface area (Å²) in [4.78, 5) is 29.2. The average molecular weight is 495 g/mol. The summed E-state index contributed by atoms with van der Waals surface area (Å²) in [6, 6.07) is 28.9. The molecule has 3 aromatic carbocycles.